The van der Waals surface area contributed by atoms with Crippen LogP contribution in [0.25, 0.3) is 5.57 Å². The standard InChI is InChI=1S/C13H16BFO2/c1-8(2)11(12(16)17)9-5-4-6-10(7-9)13(3,14)15/h4-7H,14H2,1-3H3,(H,16,17). The Morgan fingerprint density at radius 2 is 2.00 bits per heavy atom. The Bertz CT molecular complexity index is 469. The van der Waals surface area contributed by atoms with Crippen molar-refractivity contribution in [3.05, 3.63) is 41.0 Å². The van der Waals surface area contributed by atoms with Crippen LogP contribution in [0, 0.1) is 0 Å². The fraction of sp³-hybridized carbons (Fsp3) is 0.308. The lowest BCUT2D eigenvalue weighted by Crippen LogP contribution is -2.15. The number of aliphatic carboxylic acids is 1. The Morgan fingerprint density at radius 1 is 1.41 bits per heavy atom. The molecule has 0 amide bonds. The highest BCUT2D eigenvalue weighted by molar-refractivity contribution is 6.17. The van der Waals surface area contributed by atoms with E-state index in [9.17, 15) is 9.18 Å². The van der Waals surface area contributed by atoms with E-state index < -0.39 is 11.5 Å². The molecule has 90 valence electrons. The molecule has 0 aliphatic carbocycles. The van der Waals surface area contributed by atoms with Gasteiger partial charge in [-0.05, 0) is 38.0 Å². The molecule has 1 atom stereocenters. The van der Waals surface area contributed by atoms with Gasteiger partial charge in [-0.2, -0.15) is 0 Å². The summed E-state index contributed by atoms with van der Waals surface area (Å²) in [5, 5.41) is 9.14. The van der Waals surface area contributed by atoms with Gasteiger partial charge in [-0.25, -0.2) is 9.18 Å². The number of carboxylic acid groups (broad SMARTS) is 1. The van der Waals surface area contributed by atoms with Crippen molar-refractivity contribution in [2.24, 2.45) is 0 Å². The summed E-state index contributed by atoms with van der Waals surface area (Å²) >= 11 is 0. The second-order valence-corrected chi connectivity index (χ2v) is 4.73. The van der Waals surface area contributed by atoms with Gasteiger partial charge in [0, 0.05) is 0 Å². The van der Waals surface area contributed by atoms with Crippen molar-refractivity contribution in [1.82, 2.24) is 0 Å². The SMILES string of the molecule is BC(C)(F)c1cccc(C(C(=O)O)=C(C)C)c1. The number of carbonyl (C=O) groups is 1. The van der Waals surface area contributed by atoms with E-state index in [0.717, 1.165) is 0 Å². The zero-order valence-corrected chi connectivity index (χ0v) is 10.5. The quantitative estimate of drug-likeness (QED) is 0.643. The summed E-state index contributed by atoms with van der Waals surface area (Å²) in [6, 6.07) is 6.62. The van der Waals surface area contributed by atoms with Crippen LogP contribution in [0.3, 0.4) is 0 Å². The molecular formula is C13H16BFO2. The lowest BCUT2D eigenvalue weighted by molar-refractivity contribution is -0.130. The van der Waals surface area contributed by atoms with Crippen LogP contribution in [0.5, 0.6) is 0 Å². The third-order valence-electron chi connectivity index (χ3n) is 2.55. The molecule has 1 aromatic carbocycles. The second kappa shape index (κ2) is 4.74. The van der Waals surface area contributed by atoms with Gasteiger partial charge < -0.3 is 5.11 Å². The Kier molecular flexibility index (Phi) is 3.76. The van der Waals surface area contributed by atoms with Gasteiger partial charge in [0.2, 0.25) is 0 Å². The van der Waals surface area contributed by atoms with Gasteiger partial charge in [0.1, 0.15) is 0 Å². The Hall–Kier alpha value is -1.58. The Labute approximate surface area is 102 Å². The first kappa shape index (κ1) is 13.5. The average Bonchev–Trinajstić information content (AvgIpc) is 2.15. The van der Waals surface area contributed by atoms with Crippen molar-refractivity contribution < 1.29 is 14.3 Å². The van der Waals surface area contributed by atoms with E-state index in [1.807, 2.05) is 0 Å². The molecule has 0 radical (unpaired) electrons. The molecule has 0 fully saturated rings. The molecule has 1 N–H and O–H groups in total. The summed E-state index contributed by atoms with van der Waals surface area (Å²) in [5.74, 6) is -0.987. The molecule has 1 rings (SSSR count). The van der Waals surface area contributed by atoms with Crippen LogP contribution in [0.4, 0.5) is 4.39 Å². The fourth-order valence-corrected chi connectivity index (χ4v) is 1.67. The molecule has 0 heterocycles. The number of rotatable bonds is 3. The number of halogens is 1. The third kappa shape index (κ3) is 3.19. The first-order chi connectivity index (χ1) is 7.73. The molecule has 4 heteroatoms. The van der Waals surface area contributed by atoms with Gasteiger partial charge >= 0.3 is 5.97 Å². The van der Waals surface area contributed by atoms with Gasteiger partial charge in [0.25, 0.3) is 0 Å². The molecule has 0 aliphatic heterocycles. The number of benzene rings is 1. The summed E-state index contributed by atoms with van der Waals surface area (Å²) in [6.07, 6.45) is 0. The van der Waals surface area contributed by atoms with Crippen LogP contribution >= 0.6 is 0 Å². The van der Waals surface area contributed by atoms with E-state index in [-0.39, 0.29) is 5.57 Å². The molecule has 0 bridgehead atoms. The van der Waals surface area contributed by atoms with Gasteiger partial charge in [0.05, 0.1) is 11.1 Å². The molecule has 17 heavy (non-hydrogen) atoms. The predicted molar refractivity (Wildman–Crippen MR) is 69.3 cm³/mol. The van der Waals surface area contributed by atoms with Crippen LogP contribution in [0.2, 0.25) is 0 Å². The van der Waals surface area contributed by atoms with Crippen LogP contribution in [0.1, 0.15) is 31.9 Å². The number of hydrogen-bond donors (Lipinski definition) is 1. The summed E-state index contributed by atoms with van der Waals surface area (Å²) in [4.78, 5) is 11.2. The largest absolute Gasteiger partial charge is 0.478 e. The van der Waals surface area contributed by atoms with Crippen molar-refractivity contribution >= 4 is 19.4 Å². The average molecular weight is 234 g/mol. The van der Waals surface area contributed by atoms with Gasteiger partial charge in [0.15, 0.2) is 7.85 Å². The summed E-state index contributed by atoms with van der Waals surface area (Å²) in [7, 11) is 1.45. The summed E-state index contributed by atoms with van der Waals surface area (Å²) < 4.78 is 13.8. The van der Waals surface area contributed by atoms with Crippen molar-refractivity contribution in [3.8, 4) is 0 Å². The number of allylic oxidation sites excluding steroid dienone is 1. The predicted octanol–water partition coefficient (Wildman–Crippen LogP) is 2.34. The topological polar surface area (TPSA) is 37.3 Å². The van der Waals surface area contributed by atoms with Crippen LogP contribution in [0.15, 0.2) is 29.8 Å². The van der Waals surface area contributed by atoms with E-state index in [0.29, 0.717) is 16.7 Å². The van der Waals surface area contributed by atoms with E-state index in [1.165, 1.54) is 14.8 Å². The maximum absolute atomic E-state index is 13.8. The monoisotopic (exact) mass is 234 g/mol. The molecule has 0 saturated carbocycles. The molecule has 0 aliphatic rings. The molecule has 0 saturated heterocycles. The smallest absolute Gasteiger partial charge is 0.336 e. The van der Waals surface area contributed by atoms with Crippen LogP contribution in [-0.4, -0.2) is 18.9 Å². The van der Waals surface area contributed by atoms with Crippen LogP contribution < -0.4 is 0 Å². The number of carboxylic acids is 1. The van der Waals surface area contributed by atoms with Crippen molar-refractivity contribution in [3.63, 3.8) is 0 Å². The third-order valence-corrected chi connectivity index (χ3v) is 2.55. The lowest BCUT2D eigenvalue weighted by atomic mass is 9.78. The second-order valence-electron chi connectivity index (χ2n) is 4.73. The van der Waals surface area contributed by atoms with Gasteiger partial charge in [-0.3, -0.25) is 0 Å². The highest BCUT2D eigenvalue weighted by atomic mass is 19.1. The molecule has 1 unspecified atom stereocenters. The first-order valence-corrected chi connectivity index (χ1v) is 5.44. The molecule has 0 aromatic heterocycles. The summed E-state index contributed by atoms with van der Waals surface area (Å²) in [6.45, 7) is 4.92. The highest BCUT2D eigenvalue weighted by Crippen LogP contribution is 2.26. The van der Waals surface area contributed by atoms with Gasteiger partial charge in [-0.15, -0.1) is 0 Å². The zero-order chi connectivity index (χ0) is 13.2. The van der Waals surface area contributed by atoms with Crippen molar-refractivity contribution in [2.45, 2.75) is 26.3 Å². The number of alkyl halides is 1. The minimum absolute atomic E-state index is 0.233. The van der Waals surface area contributed by atoms with Crippen LogP contribution in [-0.2, 0) is 10.4 Å². The van der Waals surface area contributed by atoms with Crippen molar-refractivity contribution in [2.75, 3.05) is 0 Å². The summed E-state index contributed by atoms with van der Waals surface area (Å²) in [5.41, 5.74) is 0.486. The highest BCUT2D eigenvalue weighted by Gasteiger charge is 2.20. The molecular weight excluding hydrogens is 218 g/mol. The number of hydrogen-bond acceptors (Lipinski definition) is 1. The fourth-order valence-electron chi connectivity index (χ4n) is 1.67. The Balaban J connectivity index is 3.34. The maximum atomic E-state index is 13.8. The minimum atomic E-state index is -1.47. The van der Waals surface area contributed by atoms with E-state index in [4.69, 9.17) is 5.11 Å². The van der Waals surface area contributed by atoms with Crippen molar-refractivity contribution in [1.29, 1.82) is 0 Å². The van der Waals surface area contributed by atoms with E-state index >= 15 is 0 Å². The Morgan fingerprint density at radius 3 is 2.41 bits per heavy atom. The van der Waals surface area contributed by atoms with Gasteiger partial charge in [-0.1, -0.05) is 23.8 Å². The molecule has 1 aromatic rings. The normalized spacial score (nSPS) is 13.9. The lowest BCUT2D eigenvalue weighted by Gasteiger charge is -2.16. The first-order valence-electron chi connectivity index (χ1n) is 5.44. The minimum Gasteiger partial charge on any atom is -0.478 e. The van der Waals surface area contributed by atoms with E-state index in [2.05, 4.69) is 0 Å². The van der Waals surface area contributed by atoms with E-state index in [1.54, 1.807) is 38.1 Å². The molecule has 2 nitrogen and oxygen atoms in total. The zero-order valence-electron chi connectivity index (χ0n) is 10.5. The maximum Gasteiger partial charge on any atom is 0.336 e. The molecule has 0 spiro atoms.